The molecule has 7 nitrogen and oxygen atoms in total. The number of halogens is 3. The van der Waals surface area contributed by atoms with E-state index in [1.807, 2.05) is 6.07 Å². The quantitative estimate of drug-likeness (QED) is 0.311. The Bertz CT molecular complexity index is 1570. The SMILES string of the molecule is C[C@H]1CNCCN1c1nc(OC[C@@H]2CCCN2C)nc2c(F)c(-c3cc(O)cc4cccc(Cl)c34)c(Cl)cc12. The van der Waals surface area contributed by atoms with Crippen LogP contribution in [0.2, 0.25) is 10.0 Å². The van der Waals surface area contributed by atoms with Gasteiger partial charge in [0.15, 0.2) is 5.82 Å². The van der Waals surface area contributed by atoms with Crippen molar-refractivity contribution in [2.45, 2.75) is 31.8 Å². The fourth-order valence-electron chi connectivity index (χ4n) is 5.77. The van der Waals surface area contributed by atoms with Crippen molar-refractivity contribution in [3.63, 3.8) is 0 Å². The van der Waals surface area contributed by atoms with Crippen molar-refractivity contribution in [2.75, 3.05) is 44.7 Å². The Morgan fingerprint density at radius 3 is 2.77 bits per heavy atom. The van der Waals surface area contributed by atoms with Crippen molar-refractivity contribution >= 4 is 50.7 Å². The molecule has 0 aliphatic carbocycles. The normalized spacial score (nSPS) is 20.3. The first-order valence-electron chi connectivity index (χ1n) is 13.2. The lowest BCUT2D eigenvalue weighted by Gasteiger charge is -2.35. The summed E-state index contributed by atoms with van der Waals surface area (Å²) in [5.41, 5.74) is 0.631. The molecule has 10 heteroatoms. The Kier molecular flexibility index (Phi) is 7.14. The van der Waals surface area contributed by atoms with Crippen molar-refractivity contribution in [1.82, 2.24) is 20.2 Å². The Morgan fingerprint density at radius 2 is 2.00 bits per heavy atom. The minimum atomic E-state index is -0.612. The number of piperazine rings is 1. The molecule has 204 valence electrons. The van der Waals surface area contributed by atoms with Gasteiger partial charge in [0.2, 0.25) is 0 Å². The van der Waals surface area contributed by atoms with Crippen LogP contribution >= 0.6 is 23.2 Å². The van der Waals surface area contributed by atoms with E-state index in [0.29, 0.717) is 45.7 Å². The van der Waals surface area contributed by atoms with E-state index in [1.54, 1.807) is 24.3 Å². The molecule has 6 rings (SSSR count). The van der Waals surface area contributed by atoms with Crippen molar-refractivity contribution in [2.24, 2.45) is 0 Å². The molecule has 39 heavy (non-hydrogen) atoms. The highest BCUT2D eigenvalue weighted by molar-refractivity contribution is 6.38. The van der Waals surface area contributed by atoms with Crippen LogP contribution in [-0.2, 0) is 0 Å². The Hall–Kier alpha value is -2.91. The molecule has 2 N–H and O–H groups in total. The van der Waals surface area contributed by atoms with Crippen LogP contribution in [-0.4, -0.2) is 71.9 Å². The predicted octanol–water partition coefficient (Wildman–Crippen LogP) is 5.87. The largest absolute Gasteiger partial charge is 0.508 e. The molecule has 0 radical (unpaired) electrons. The van der Waals surface area contributed by atoms with Gasteiger partial charge in [-0.2, -0.15) is 9.97 Å². The van der Waals surface area contributed by atoms with E-state index in [0.717, 1.165) is 32.5 Å². The number of aromatic hydroxyl groups is 1. The van der Waals surface area contributed by atoms with Crippen molar-refractivity contribution in [3.8, 4) is 22.9 Å². The van der Waals surface area contributed by atoms with Gasteiger partial charge in [0.1, 0.15) is 23.7 Å². The van der Waals surface area contributed by atoms with Gasteiger partial charge in [-0.3, -0.25) is 0 Å². The van der Waals surface area contributed by atoms with Crippen molar-refractivity contribution in [1.29, 1.82) is 0 Å². The van der Waals surface area contributed by atoms with Crippen LogP contribution in [0.1, 0.15) is 19.8 Å². The van der Waals surface area contributed by atoms with Crippen LogP contribution in [0, 0.1) is 5.82 Å². The number of aromatic nitrogens is 2. The number of nitrogens with zero attached hydrogens (tertiary/aromatic N) is 4. The Balaban J connectivity index is 1.55. The third kappa shape index (κ3) is 4.84. The smallest absolute Gasteiger partial charge is 0.319 e. The number of phenolic OH excluding ortho intramolecular Hbond substituents is 1. The molecule has 4 aromatic rings. The van der Waals surface area contributed by atoms with E-state index in [2.05, 4.69) is 34.1 Å². The monoisotopic (exact) mass is 569 g/mol. The van der Waals surface area contributed by atoms with E-state index >= 15 is 4.39 Å². The molecule has 0 amide bonds. The summed E-state index contributed by atoms with van der Waals surface area (Å²) in [4.78, 5) is 13.8. The number of hydrogen-bond donors (Lipinski definition) is 2. The maximum atomic E-state index is 16.6. The van der Waals surface area contributed by atoms with E-state index in [4.69, 9.17) is 32.9 Å². The molecule has 3 heterocycles. The predicted molar refractivity (Wildman–Crippen MR) is 155 cm³/mol. The molecular weight excluding hydrogens is 540 g/mol. The summed E-state index contributed by atoms with van der Waals surface area (Å²) in [5, 5.41) is 16.3. The number of likely N-dealkylation sites (N-methyl/N-ethyl adjacent to an activating group) is 1. The van der Waals surface area contributed by atoms with E-state index < -0.39 is 5.82 Å². The third-order valence-corrected chi connectivity index (χ3v) is 8.49. The van der Waals surface area contributed by atoms with Crippen LogP contribution in [0.15, 0.2) is 36.4 Å². The number of anilines is 1. The lowest BCUT2D eigenvalue weighted by molar-refractivity contribution is 0.188. The summed E-state index contributed by atoms with van der Waals surface area (Å²) < 4.78 is 22.7. The second kappa shape index (κ2) is 10.6. The van der Waals surface area contributed by atoms with Gasteiger partial charge in [-0.15, -0.1) is 0 Å². The molecule has 0 spiro atoms. The highest BCUT2D eigenvalue weighted by Crippen LogP contribution is 2.44. The molecule has 2 aliphatic rings. The van der Waals surface area contributed by atoms with Gasteiger partial charge in [-0.05, 0) is 68.6 Å². The summed E-state index contributed by atoms with van der Waals surface area (Å²) in [6, 6.07) is 10.6. The van der Waals surface area contributed by atoms with Gasteiger partial charge in [0, 0.05) is 53.1 Å². The maximum absolute atomic E-state index is 16.6. The summed E-state index contributed by atoms with van der Waals surface area (Å²) in [5.74, 6) is -0.0356. The zero-order chi connectivity index (χ0) is 27.3. The van der Waals surface area contributed by atoms with Gasteiger partial charge in [0.05, 0.1) is 5.02 Å². The second-order valence-corrected chi connectivity index (χ2v) is 11.3. The van der Waals surface area contributed by atoms with E-state index in [9.17, 15) is 5.11 Å². The van der Waals surface area contributed by atoms with Gasteiger partial charge in [-0.25, -0.2) is 4.39 Å². The molecule has 0 saturated carbocycles. The zero-order valence-electron chi connectivity index (χ0n) is 21.8. The number of rotatable bonds is 5. The Morgan fingerprint density at radius 1 is 1.15 bits per heavy atom. The topological polar surface area (TPSA) is 73.8 Å². The molecule has 0 unspecified atom stereocenters. The minimum Gasteiger partial charge on any atom is -0.508 e. The van der Waals surface area contributed by atoms with E-state index in [-0.39, 0.29) is 39.9 Å². The molecular formula is C29H30Cl2FN5O2. The fraction of sp³-hybridized carbons (Fsp3) is 0.379. The highest BCUT2D eigenvalue weighted by Gasteiger charge is 2.28. The fourth-order valence-corrected chi connectivity index (χ4v) is 6.35. The van der Waals surface area contributed by atoms with Crippen LogP contribution in [0.4, 0.5) is 10.2 Å². The third-order valence-electron chi connectivity index (χ3n) is 7.87. The van der Waals surface area contributed by atoms with Gasteiger partial charge in [0.25, 0.3) is 0 Å². The number of likely N-dealkylation sites (tertiary alicyclic amines) is 1. The first kappa shape index (κ1) is 26.3. The average Bonchev–Trinajstić information content (AvgIpc) is 3.32. The molecule has 2 fully saturated rings. The standard InChI is InChI=1S/C29H30Cl2FN5O2/c1-16-14-33-8-10-37(16)28-21-13-23(31)25(20-12-19(38)11-17-5-3-7-22(30)24(17)20)26(32)27(21)34-29(35-28)39-15-18-6-4-9-36(18)2/h3,5,7,11-13,16,18,33,38H,4,6,8-10,14-15H2,1-2H3/t16-,18-/m0/s1. The van der Waals surface area contributed by atoms with Crippen LogP contribution < -0.4 is 15.0 Å². The summed E-state index contributed by atoms with van der Waals surface area (Å²) >= 11 is 13.4. The Labute approximate surface area is 236 Å². The summed E-state index contributed by atoms with van der Waals surface area (Å²) in [7, 11) is 2.08. The van der Waals surface area contributed by atoms with Crippen LogP contribution in [0.3, 0.4) is 0 Å². The number of benzene rings is 3. The first-order valence-corrected chi connectivity index (χ1v) is 14.0. The number of ether oxygens (including phenoxy) is 1. The number of fused-ring (bicyclic) bond motifs is 2. The molecule has 2 aliphatic heterocycles. The molecule has 2 atom stereocenters. The number of hydrogen-bond acceptors (Lipinski definition) is 7. The molecule has 0 bridgehead atoms. The van der Waals surface area contributed by atoms with Gasteiger partial charge < -0.3 is 25.0 Å². The molecule has 2 saturated heterocycles. The summed E-state index contributed by atoms with van der Waals surface area (Å²) in [6.07, 6.45) is 2.15. The average molecular weight is 570 g/mol. The maximum Gasteiger partial charge on any atom is 0.319 e. The van der Waals surface area contributed by atoms with Crippen LogP contribution in [0.25, 0.3) is 32.8 Å². The second-order valence-electron chi connectivity index (χ2n) is 10.4. The lowest BCUT2D eigenvalue weighted by atomic mass is 9.96. The number of phenols is 1. The first-order chi connectivity index (χ1) is 18.8. The van der Waals surface area contributed by atoms with Crippen molar-refractivity contribution < 1.29 is 14.2 Å². The molecule has 3 aromatic carbocycles. The minimum absolute atomic E-state index is 0.0157. The lowest BCUT2D eigenvalue weighted by Crippen LogP contribution is -2.50. The van der Waals surface area contributed by atoms with Gasteiger partial charge >= 0.3 is 6.01 Å². The summed E-state index contributed by atoms with van der Waals surface area (Å²) in [6.45, 7) is 5.80. The highest BCUT2D eigenvalue weighted by atomic mass is 35.5. The molecule has 1 aromatic heterocycles. The zero-order valence-corrected chi connectivity index (χ0v) is 23.4. The van der Waals surface area contributed by atoms with Crippen molar-refractivity contribution in [3.05, 3.63) is 52.3 Å². The van der Waals surface area contributed by atoms with E-state index in [1.165, 1.54) is 6.07 Å². The van der Waals surface area contributed by atoms with Crippen LogP contribution in [0.5, 0.6) is 11.8 Å². The number of nitrogens with one attached hydrogen (secondary N) is 1. The van der Waals surface area contributed by atoms with Gasteiger partial charge in [-0.1, -0.05) is 35.3 Å².